The molecule has 0 aliphatic rings. The molecule has 6 heteroatoms. The molecular weight excluding hydrogens is 170 g/mol. The average Bonchev–Trinajstić information content (AvgIpc) is 2.58. The van der Waals surface area contributed by atoms with E-state index in [1.807, 2.05) is 0 Å². The molecule has 0 bridgehead atoms. The van der Waals surface area contributed by atoms with Crippen molar-refractivity contribution in [3.63, 3.8) is 0 Å². The molecule has 0 spiro atoms. The predicted molar refractivity (Wildman–Crippen MR) is 46.7 cm³/mol. The maximum Gasteiger partial charge on any atom is 0.211 e. The van der Waals surface area contributed by atoms with Crippen LogP contribution in [0, 0.1) is 11.3 Å². The first kappa shape index (κ1) is 8.80. The van der Waals surface area contributed by atoms with Gasteiger partial charge in [-0.1, -0.05) is 0 Å². The van der Waals surface area contributed by atoms with Gasteiger partial charge in [-0.3, -0.25) is 0 Å². The van der Waals surface area contributed by atoms with E-state index in [4.69, 9.17) is 21.1 Å². The van der Waals surface area contributed by atoms with Crippen LogP contribution in [-0.4, -0.2) is 11.7 Å². The largest absolute Gasteiger partial charge is 0.462 e. The Kier molecular flexibility index (Phi) is 2.65. The number of furan rings is 1. The SMILES string of the molecule is N#C/C(=N\N=C(N)N)c1ccco1. The third-order valence-electron chi connectivity index (χ3n) is 1.13. The van der Waals surface area contributed by atoms with Gasteiger partial charge in [0.1, 0.15) is 6.07 Å². The van der Waals surface area contributed by atoms with E-state index >= 15 is 0 Å². The minimum Gasteiger partial charge on any atom is -0.462 e. The Bertz CT molecular complexity index is 366. The zero-order chi connectivity index (χ0) is 9.68. The molecule has 6 nitrogen and oxygen atoms in total. The van der Waals surface area contributed by atoms with Crippen molar-refractivity contribution in [2.24, 2.45) is 21.7 Å². The molecule has 1 heterocycles. The maximum absolute atomic E-state index is 8.62. The molecule has 0 radical (unpaired) electrons. The summed E-state index contributed by atoms with van der Waals surface area (Å²) in [4.78, 5) is 0. The minimum absolute atomic E-state index is 0.0263. The number of hydrogen-bond acceptors (Lipinski definition) is 4. The van der Waals surface area contributed by atoms with Gasteiger partial charge in [-0.15, -0.1) is 10.2 Å². The van der Waals surface area contributed by atoms with Crippen LogP contribution in [0.5, 0.6) is 0 Å². The van der Waals surface area contributed by atoms with Crippen molar-refractivity contribution in [3.05, 3.63) is 24.2 Å². The molecule has 1 aromatic rings. The molecule has 1 rings (SSSR count). The van der Waals surface area contributed by atoms with Crippen LogP contribution in [0.1, 0.15) is 5.76 Å². The van der Waals surface area contributed by atoms with E-state index in [1.54, 1.807) is 18.2 Å². The van der Waals surface area contributed by atoms with Crippen LogP contribution in [0.3, 0.4) is 0 Å². The molecule has 1 aromatic heterocycles. The van der Waals surface area contributed by atoms with E-state index in [-0.39, 0.29) is 11.7 Å². The molecule has 0 fully saturated rings. The Morgan fingerprint density at radius 1 is 1.46 bits per heavy atom. The Morgan fingerprint density at radius 3 is 2.69 bits per heavy atom. The van der Waals surface area contributed by atoms with Crippen molar-refractivity contribution in [1.82, 2.24) is 0 Å². The number of hydrogen-bond donors (Lipinski definition) is 2. The second-order valence-corrected chi connectivity index (χ2v) is 2.06. The molecule has 0 amide bonds. The molecule has 0 aliphatic heterocycles. The van der Waals surface area contributed by atoms with Gasteiger partial charge in [0.15, 0.2) is 5.76 Å². The van der Waals surface area contributed by atoms with Crippen LogP contribution in [0.4, 0.5) is 0 Å². The highest BCUT2D eigenvalue weighted by Gasteiger charge is 2.04. The van der Waals surface area contributed by atoms with Gasteiger partial charge in [0.25, 0.3) is 0 Å². The van der Waals surface area contributed by atoms with Gasteiger partial charge >= 0.3 is 0 Å². The van der Waals surface area contributed by atoms with Crippen LogP contribution in [0.25, 0.3) is 0 Å². The first-order valence-corrected chi connectivity index (χ1v) is 3.34. The summed E-state index contributed by atoms with van der Waals surface area (Å²) >= 11 is 0. The van der Waals surface area contributed by atoms with Crippen LogP contribution in [-0.2, 0) is 0 Å². The highest BCUT2D eigenvalue weighted by Crippen LogP contribution is 2.01. The lowest BCUT2D eigenvalue weighted by molar-refractivity contribution is 0.558. The van der Waals surface area contributed by atoms with Gasteiger partial charge in [0.2, 0.25) is 11.7 Å². The summed E-state index contributed by atoms with van der Waals surface area (Å²) in [6.07, 6.45) is 1.43. The molecular formula is C7H7N5O. The van der Waals surface area contributed by atoms with E-state index in [9.17, 15) is 0 Å². The highest BCUT2D eigenvalue weighted by atomic mass is 16.3. The van der Waals surface area contributed by atoms with Crippen LogP contribution < -0.4 is 11.5 Å². The molecule has 0 unspecified atom stereocenters. The third kappa shape index (κ3) is 2.34. The van der Waals surface area contributed by atoms with Crippen molar-refractivity contribution in [1.29, 1.82) is 5.26 Å². The zero-order valence-electron chi connectivity index (χ0n) is 6.64. The van der Waals surface area contributed by atoms with Gasteiger partial charge in [0.05, 0.1) is 6.26 Å². The molecule has 4 N–H and O–H groups in total. The summed E-state index contributed by atoms with van der Waals surface area (Å²) in [5.41, 5.74) is 10.1. The number of rotatable bonds is 2. The molecule has 0 saturated heterocycles. The van der Waals surface area contributed by atoms with Gasteiger partial charge in [-0.05, 0) is 12.1 Å². The Morgan fingerprint density at radius 2 is 2.23 bits per heavy atom. The van der Waals surface area contributed by atoms with E-state index in [0.29, 0.717) is 5.76 Å². The highest BCUT2D eigenvalue weighted by molar-refractivity contribution is 6.09. The third-order valence-corrected chi connectivity index (χ3v) is 1.13. The Balaban J connectivity index is 2.95. The molecule has 0 aromatic carbocycles. The van der Waals surface area contributed by atoms with E-state index in [1.165, 1.54) is 6.26 Å². The maximum atomic E-state index is 8.62. The first-order valence-electron chi connectivity index (χ1n) is 3.34. The van der Waals surface area contributed by atoms with Crippen LogP contribution in [0.15, 0.2) is 33.0 Å². The second-order valence-electron chi connectivity index (χ2n) is 2.06. The van der Waals surface area contributed by atoms with Gasteiger partial charge < -0.3 is 15.9 Å². The number of guanidine groups is 1. The van der Waals surface area contributed by atoms with Crippen molar-refractivity contribution < 1.29 is 4.42 Å². The quantitative estimate of drug-likeness (QED) is 0.369. The van der Waals surface area contributed by atoms with Crippen LogP contribution in [0.2, 0.25) is 0 Å². The monoisotopic (exact) mass is 177 g/mol. The van der Waals surface area contributed by atoms with E-state index in [0.717, 1.165) is 0 Å². The van der Waals surface area contributed by atoms with Crippen molar-refractivity contribution in [2.75, 3.05) is 0 Å². The second kappa shape index (κ2) is 3.92. The van der Waals surface area contributed by atoms with Crippen molar-refractivity contribution >= 4 is 11.7 Å². The van der Waals surface area contributed by atoms with Crippen molar-refractivity contribution in [2.45, 2.75) is 0 Å². The fourth-order valence-electron chi connectivity index (χ4n) is 0.648. The summed E-state index contributed by atoms with van der Waals surface area (Å²) in [7, 11) is 0. The van der Waals surface area contributed by atoms with E-state index < -0.39 is 0 Å². The fraction of sp³-hybridized carbons (Fsp3) is 0. The lowest BCUT2D eigenvalue weighted by atomic mass is 10.3. The summed E-state index contributed by atoms with van der Waals surface area (Å²) in [5.74, 6) is 0.117. The Labute approximate surface area is 74.2 Å². The first-order chi connectivity index (χ1) is 6.24. The Hall–Kier alpha value is -2.29. The predicted octanol–water partition coefficient (Wildman–Crippen LogP) is -0.219. The van der Waals surface area contributed by atoms with Gasteiger partial charge in [-0.25, -0.2) is 0 Å². The molecule has 0 atom stereocenters. The molecule has 0 aliphatic carbocycles. The van der Waals surface area contributed by atoms with Gasteiger partial charge in [0, 0.05) is 0 Å². The number of nitrogens with zero attached hydrogens (tertiary/aromatic N) is 3. The topological polar surface area (TPSA) is 114 Å². The molecule has 0 saturated carbocycles. The van der Waals surface area contributed by atoms with Crippen molar-refractivity contribution in [3.8, 4) is 6.07 Å². The normalized spacial score (nSPS) is 10.5. The summed E-state index contributed by atoms with van der Waals surface area (Å²) in [6.45, 7) is 0. The number of nitriles is 1. The fourth-order valence-corrected chi connectivity index (χ4v) is 0.648. The summed E-state index contributed by atoms with van der Waals surface area (Å²) < 4.78 is 4.91. The van der Waals surface area contributed by atoms with E-state index in [2.05, 4.69) is 10.2 Å². The summed E-state index contributed by atoms with van der Waals surface area (Å²) in [5, 5.41) is 15.4. The average molecular weight is 177 g/mol. The van der Waals surface area contributed by atoms with Crippen LogP contribution >= 0.6 is 0 Å². The minimum atomic E-state index is -0.209. The standard InChI is InChI=1S/C7H7N5O/c8-4-5(11-12-7(9)10)6-2-1-3-13-6/h1-3H,(H4,9,10,12)/b11-5+. The smallest absolute Gasteiger partial charge is 0.211 e. The lowest BCUT2D eigenvalue weighted by Gasteiger charge is -1.88. The molecule has 66 valence electrons. The molecule has 13 heavy (non-hydrogen) atoms. The summed E-state index contributed by atoms with van der Waals surface area (Å²) in [6, 6.07) is 5.02. The number of nitrogens with two attached hydrogens (primary N) is 2. The van der Waals surface area contributed by atoms with Gasteiger partial charge in [-0.2, -0.15) is 5.26 Å². The zero-order valence-corrected chi connectivity index (χ0v) is 6.64. The lowest BCUT2D eigenvalue weighted by Crippen LogP contribution is -2.22.